The Labute approximate surface area is 153 Å². The molecule has 0 bridgehead atoms. The molecule has 0 saturated carbocycles. The third-order valence-corrected chi connectivity index (χ3v) is 4.75. The first-order valence-electron chi connectivity index (χ1n) is 8.92. The van der Waals surface area contributed by atoms with Crippen LogP contribution in [0.1, 0.15) is 28.8 Å². The fraction of sp³-hybridized carbons (Fsp3) is 0.350. The highest BCUT2D eigenvalue weighted by molar-refractivity contribution is 6.35. The normalized spacial score (nSPS) is 16.0. The molecule has 26 heavy (non-hydrogen) atoms. The second-order valence-corrected chi connectivity index (χ2v) is 6.63. The van der Waals surface area contributed by atoms with Crippen molar-refractivity contribution in [2.24, 2.45) is 11.1 Å². The lowest BCUT2D eigenvalue weighted by Crippen LogP contribution is -2.35. The summed E-state index contributed by atoms with van der Waals surface area (Å²) in [7, 11) is 0. The number of likely N-dealkylation sites (tertiary alicyclic amines) is 1. The third-order valence-electron chi connectivity index (χ3n) is 4.75. The number of benzene rings is 1. The summed E-state index contributed by atoms with van der Waals surface area (Å²) in [6.45, 7) is 4.14. The zero-order valence-electron chi connectivity index (χ0n) is 14.7. The van der Waals surface area contributed by atoms with Crippen molar-refractivity contribution in [2.75, 3.05) is 25.0 Å². The van der Waals surface area contributed by atoms with Gasteiger partial charge < -0.3 is 10.5 Å². The summed E-state index contributed by atoms with van der Waals surface area (Å²) < 4.78 is 0. The van der Waals surface area contributed by atoms with Gasteiger partial charge in [0, 0.05) is 24.8 Å². The molecule has 6 nitrogen and oxygen atoms in total. The van der Waals surface area contributed by atoms with Gasteiger partial charge in [-0.15, -0.1) is 0 Å². The Morgan fingerprint density at radius 1 is 1.23 bits per heavy atom. The van der Waals surface area contributed by atoms with Gasteiger partial charge in [0.2, 0.25) is 5.78 Å². The smallest absolute Gasteiger partial charge is 0.208 e. The number of ketones is 1. The van der Waals surface area contributed by atoms with Crippen molar-refractivity contribution >= 4 is 17.8 Å². The molecule has 1 aliphatic heterocycles. The molecule has 136 valence electrons. The monoisotopic (exact) mass is 352 g/mol. The molecular formula is C20H24N4O2. The van der Waals surface area contributed by atoms with Crippen LogP contribution in [0.4, 0.5) is 5.82 Å². The van der Waals surface area contributed by atoms with Crippen LogP contribution < -0.4 is 5.32 Å². The fourth-order valence-corrected chi connectivity index (χ4v) is 3.21. The second-order valence-electron chi connectivity index (χ2n) is 6.63. The van der Waals surface area contributed by atoms with Gasteiger partial charge in [0.25, 0.3) is 0 Å². The average Bonchev–Trinajstić information content (AvgIpc) is 2.69. The minimum atomic E-state index is -0.364. The highest BCUT2D eigenvalue weighted by Gasteiger charge is 2.19. The van der Waals surface area contributed by atoms with Gasteiger partial charge >= 0.3 is 0 Å². The maximum atomic E-state index is 11.5. The van der Waals surface area contributed by atoms with Crippen LogP contribution in [0.15, 0.2) is 53.8 Å². The highest BCUT2D eigenvalue weighted by atomic mass is 16.4. The van der Waals surface area contributed by atoms with Crippen molar-refractivity contribution in [1.29, 1.82) is 0 Å². The first-order chi connectivity index (χ1) is 12.7. The Morgan fingerprint density at radius 2 is 2.00 bits per heavy atom. The number of Topliss-reactive ketones (excluding diaryl/α,β-unsaturated/α-hetero) is 1. The molecule has 0 spiro atoms. The van der Waals surface area contributed by atoms with E-state index in [1.54, 1.807) is 12.1 Å². The summed E-state index contributed by atoms with van der Waals surface area (Å²) in [5, 5.41) is 14.5. The highest BCUT2D eigenvalue weighted by Crippen LogP contribution is 2.19. The largest absolute Gasteiger partial charge is 0.411 e. The van der Waals surface area contributed by atoms with Crippen molar-refractivity contribution in [3.8, 4) is 0 Å². The number of nitrogens with one attached hydrogen (secondary N) is 1. The van der Waals surface area contributed by atoms with E-state index in [4.69, 9.17) is 5.21 Å². The van der Waals surface area contributed by atoms with Gasteiger partial charge in [-0.2, -0.15) is 0 Å². The predicted molar refractivity (Wildman–Crippen MR) is 102 cm³/mol. The molecule has 6 heteroatoms. The number of oxime groups is 1. The maximum absolute atomic E-state index is 11.5. The lowest BCUT2D eigenvalue weighted by molar-refractivity contribution is 0.106. The SMILES string of the molecule is O=C(C=NO)c1ccc(NCC2CCN(Cc3ccccc3)CC2)nc1. The minimum absolute atomic E-state index is 0.364. The van der Waals surface area contributed by atoms with E-state index in [2.05, 4.69) is 50.7 Å². The van der Waals surface area contributed by atoms with Crippen molar-refractivity contribution in [2.45, 2.75) is 19.4 Å². The molecule has 0 aliphatic carbocycles. The number of nitrogens with zero attached hydrogens (tertiary/aromatic N) is 3. The van der Waals surface area contributed by atoms with E-state index in [-0.39, 0.29) is 5.78 Å². The molecule has 1 aliphatic rings. The van der Waals surface area contributed by atoms with Crippen LogP contribution >= 0.6 is 0 Å². The van der Waals surface area contributed by atoms with Crippen molar-refractivity contribution in [3.05, 3.63) is 59.8 Å². The number of rotatable bonds is 7. The average molecular weight is 352 g/mol. The summed E-state index contributed by atoms with van der Waals surface area (Å²) in [6, 6.07) is 14.1. The Kier molecular flexibility index (Phi) is 6.33. The molecule has 1 saturated heterocycles. The van der Waals surface area contributed by atoms with Crippen LogP contribution in [0, 0.1) is 5.92 Å². The van der Waals surface area contributed by atoms with E-state index < -0.39 is 0 Å². The van der Waals surface area contributed by atoms with E-state index in [0.717, 1.165) is 38.2 Å². The number of pyridine rings is 1. The van der Waals surface area contributed by atoms with Crippen LogP contribution in [0.25, 0.3) is 0 Å². The molecule has 2 heterocycles. The molecule has 0 unspecified atom stereocenters. The van der Waals surface area contributed by atoms with Gasteiger partial charge in [-0.1, -0.05) is 35.5 Å². The van der Waals surface area contributed by atoms with E-state index in [1.807, 2.05) is 0 Å². The zero-order valence-corrected chi connectivity index (χ0v) is 14.7. The van der Waals surface area contributed by atoms with Gasteiger partial charge in [-0.05, 0) is 49.5 Å². The standard InChI is InChI=1S/C20H24N4O2/c25-19(14-23-26)18-6-7-20(22-13-18)21-12-16-8-10-24(11-9-16)15-17-4-2-1-3-5-17/h1-7,13-14,16,26H,8-12,15H2,(H,21,22). The molecule has 3 rings (SSSR count). The van der Waals surface area contributed by atoms with Crippen molar-refractivity contribution in [1.82, 2.24) is 9.88 Å². The Hall–Kier alpha value is -2.73. The van der Waals surface area contributed by atoms with E-state index in [1.165, 1.54) is 24.6 Å². The molecule has 0 amide bonds. The van der Waals surface area contributed by atoms with Crippen LogP contribution in [-0.4, -0.2) is 46.7 Å². The predicted octanol–water partition coefficient (Wildman–Crippen LogP) is 3.05. The first-order valence-corrected chi connectivity index (χ1v) is 8.92. The molecule has 2 N–H and O–H groups in total. The van der Waals surface area contributed by atoms with Crippen LogP contribution in [0.5, 0.6) is 0 Å². The number of hydrogen-bond donors (Lipinski definition) is 2. The second kappa shape index (κ2) is 9.10. The summed E-state index contributed by atoms with van der Waals surface area (Å²) >= 11 is 0. The lowest BCUT2D eigenvalue weighted by atomic mass is 9.96. The Bertz CT molecular complexity index is 723. The van der Waals surface area contributed by atoms with Crippen LogP contribution in [-0.2, 0) is 6.54 Å². The number of hydrogen-bond acceptors (Lipinski definition) is 6. The number of piperidine rings is 1. The van der Waals surface area contributed by atoms with Gasteiger partial charge in [0.15, 0.2) is 0 Å². The van der Waals surface area contributed by atoms with Gasteiger partial charge in [0.05, 0.1) is 0 Å². The van der Waals surface area contributed by atoms with Crippen LogP contribution in [0.3, 0.4) is 0 Å². The van der Waals surface area contributed by atoms with Gasteiger partial charge in [0.1, 0.15) is 12.0 Å². The minimum Gasteiger partial charge on any atom is -0.411 e. The van der Waals surface area contributed by atoms with E-state index in [0.29, 0.717) is 11.5 Å². The quantitative estimate of drug-likeness (QED) is 0.347. The van der Waals surface area contributed by atoms with E-state index in [9.17, 15) is 4.79 Å². The van der Waals surface area contributed by atoms with E-state index >= 15 is 0 Å². The molecule has 1 aromatic heterocycles. The molecule has 0 atom stereocenters. The third kappa shape index (κ3) is 5.13. The fourth-order valence-electron chi connectivity index (χ4n) is 3.21. The van der Waals surface area contributed by atoms with Crippen molar-refractivity contribution in [3.63, 3.8) is 0 Å². The summed E-state index contributed by atoms with van der Waals surface area (Å²) in [5.74, 6) is 1.03. The lowest BCUT2D eigenvalue weighted by Gasteiger charge is -2.32. The van der Waals surface area contributed by atoms with Crippen molar-refractivity contribution < 1.29 is 10.0 Å². The molecule has 0 radical (unpaired) electrons. The molecular weight excluding hydrogens is 328 g/mol. The summed E-state index contributed by atoms with van der Waals surface area (Å²) in [6.07, 6.45) is 4.70. The molecule has 2 aromatic rings. The summed E-state index contributed by atoms with van der Waals surface area (Å²) in [5.41, 5.74) is 1.77. The van der Waals surface area contributed by atoms with Crippen LogP contribution in [0.2, 0.25) is 0 Å². The van der Waals surface area contributed by atoms with Gasteiger partial charge in [-0.3, -0.25) is 9.69 Å². The maximum Gasteiger partial charge on any atom is 0.208 e. The first kappa shape index (κ1) is 18.1. The Morgan fingerprint density at radius 3 is 2.65 bits per heavy atom. The number of carbonyl (C=O) groups is 1. The molecule has 1 aromatic carbocycles. The topological polar surface area (TPSA) is 77.8 Å². The van der Waals surface area contributed by atoms with Gasteiger partial charge in [-0.25, -0.2) is 4.98 Å². The number of anilines is 1. The molecule has 1 fully saturated rings. The number of aromatic nitrogens is 1. The Balaban J connectivity index is 1.41. The zero-order chi connectivity index (χ0) is 18.2. The summed E-state index contributed by atoms with van der Waals surface area (Å²) in [4.78, 5) is 18.3. The number of carbonyl (C=O) groups excluding carboxylic acids is 1.